The van der Waals surface area contributed by atoms with E-state index < -0.39 is 5.97 Å². The molecule has 1 aliphatic heterocycles. The molecule has 1 aromatic rings. The molecule has 0 fully saturated rings. The number of unbranched alkanes of at least 4 members (excludes halogenated alkanes) is 1. The van der Waals surface area contributed by atoms with Crippen LogP contribution in [0, 0.1) is 0 Å². The van der Waals surface area contributed by atoms with Crippen LogP contribution in [0.25, 0.3) is 0 Å². The Bertz CT molecular complexity index is 486. The van der Waals surface area contributed by atoms with Crippen LogP contribution in [-0.4, -0.2) is 17.2 Å². The quantitative estimate of drug-likeness (QED) is 0.884. The van der Waals surface area contributed by atoms with Crippen molar-refractivity contribution in [3.05, 3.63) is 28.2 Å². The number of carboxylic acids is 1. The van der Waals surface area contributed by atoms with Gasteiger partial charge in [-0.2, -0.15) is 0 Å². The molecule has 2 atom stereocenters. The molecule has 1 heterocycles. The average molecular weight is 327 g/mol. The minimum absolute atomic E-state index is 0.0481. The summed E-state index contributed by atoms with van der Waals surface area (Å²) in [4.78, 5) is 11.0. The molecule has 4 heteroatoms. The number of aliphatic carboxylic acids is 1. The number of hydrogen-bond donors (Lipinski definition) is 1. The van der Waals surface area contributed by atoms with Gasteiger partial charge in [0, 0.05) is 15.5 Å². The van der Waals surface area contributed by atoms with Crippen molar-refractivity contribution in [1.29, 1.82) is 0 Å². The van der Waals surface area contributed by atoms with Gasteiger partial charge in [0.25, 0.3) is 0 Å². The van der Waals surface area contributed by atoms with E-state index in [0.29, 0.717) is 0 Å². The minimum Gasteiger partial charge on any atom is -0.489 e. The third-order valence-electron chi connectivity index (χ3n) is 3.95. The van der Waals surface area contributed by atoms with Gasteiger partial charge in [-0.15, -0.1) is 0 Å². The number of ether oxygens (including phenoxy) is 1. The van der Waals surface area contributed by atoms with Crippen molar-refractivity contribution >= 4 is 21.9 Å². The maximum atomic E-state index is 11.0. The van der Waals surface area contributed by atoms with Gasteiger partial charge >= 0.3 is 5.97 Å². The monoisotopic (exact) mass is 326 g/mol. The Kier molecular flexibility index (Phi) is 4.19. The maximum absolute atomic E-state index is 11.0. The first-order valence-corrected chi connectivity index (χ1v) is 7.45. The second kappa shape index (κ2) is 5.53. The van der Waals surface area contributed by atoms with Gasteiger partial charge in [-0.3, -0.25) is 4.79 Å². The van der Waals surface area contributed by atoms with E-state index in [9.17, 15) is 4.79 Å². The van der Waals surface area contributed by atoms with Crippen LogP contribution in [0.4, 0.5) is 0 Å². The summed E-state index contributed by atoms with van der Waals surface area (Å²) in [6.07, 6.45) is 2.90. The number of fused-ring (bicyclic) bond motifs is 1. The zero-order chi connectivity index (χ0) is 14.0. The highest BCUT2D eigenvalue weighted by Crippen LogP contribution is 2.47. The van der Waals surface area contributed by atoms with Crippen molar-refractivity contribution < 1.29 is 14.6 Å². The zero-order valence-corrected chi connectivity index (χ0v) is 12.9. The third-order valence-corrected chi connectivity index (χ3v) is 4.44. The Morgan fingerprint density at radius 3 is 2.89 bits per heavy atom. The Labute approximate surface area is 122 Å². The summed E-state index contributed by atoms with van der Waals surface area (Å²) in [5.41, 5.74) is 0.931. The van der Waals surface area contributed by atoms with Gasteiger partial charge in [0.1, 0.15) is 11.9 Å². The lowest BCUT2D eigenvalue weighted by molar-refractivity contribution is -0.139. The molecule has 0 radical (unpaired) electrons. The lowest BCUT2D eigenvalue weighted by Crippen LogP contribution is -2.37. The van der Waals surface area contributed by atoms with E-state index in [2.05, 4.69) is 35.8 Å². The summed E-state index contributed by atoms with van der Waals surface area (Å²) in [5, 5.41) is 9.08. The summed E-state index contributed by atoms with van der Waals surface area (Å²) in [6.45, 7) is 4.27. The molecule has 1 aromatic carbocycles. The van der Waals surface area contributed by atoms with Crippen LogP contribution in [0.2, 0.25) is 0 Å². The number of carboxylic acid groups (broad SMARTS) is 1. The molecule has 2 rings (SSSR count). The molecule has 2 unspecified atom stereocenters. The van der Waals surface area contributed by atoms with Crippen LogP contribution in [0.15, 0.2) is 22.7 Å². The summed E-state index contributed by atoms with van der Waals surface area (Å²) in [6, 6.07) is 5.98. The molecular formula is C15H19BrO3. The third kappa shape index (κ3) is 2.78. The van der Waals surface area contributed by atoms with E-state index in [4.69, 9.17) is 9.84 Å². The fourth-order valence-electron chi connectivity index (χ4n) is 2.79. The number of rotatable bonds is 5. The van der Waals surface area contributed by atoms with E-state index >= 15 is 0 Å². The van der Waals surface area contributed by atoms with Crippen LogP contribution in [0.3, 0.4) is 0 Å². The lowest BCUT2D eigenvalue weighted by Gasteiger charge is -2.29. The van der Waals surface area contributed by atoms with Crippen molar-refractivity contribution in [2.24, 2.45) is 0 Å². The van der Waals surface area contributed by atoms with Crippen molar-refractivity contribution in [2.75, 3.05) is 0 Å². The molecule has 1 N–H and O–H groups in total. The molecule has 0 saturated heterocycles. The molecule has 0 saturated carbocycles. The first kappa shape index (κ1) is 14.4. The van der Waals surface area contributed by atoms with E-state index in [1.54, 1.807) is 0 Å². The molecule has 0 amide bonds. The Hall–Kier alpha value is -1.03. The topological polar surface area (TPSA) is 46.5 Å². The van der Waals surface area contributed by atoms with Crippen molar-refractivity contribution in [2.45, 2.75) is 51.0 Å². The molecule has 0 aromatic heterocycles. The normalized spacial score (nSPS) is 24.9. The summed E-state index contributed by atoms with van der Waals surface area (Å²) in [5.74, 6) is 0.0128. The average Bonchev–Trinajstić information content (AvgIpc) is 2.59. The SMILES string of the molecule is CCCCC1(C)c2ccc(Br)cc2OC1CC(=O)O. The zero-order valence-electron chi connectivity index (χ0n) is 11.3. The van der Waals surface area contributed by atoms with E-state index in [-0.39, 0.29) is 17.9 Å². The second-order valence-corrected chi connectivity index (χ2v) is 6.28. The Morgan fingerprint density at radius 2 is 2.26 bits per heavy atom. The highest BCUT2D eigenvalue weighted by molar-refractivity contribution is 9.10. The van der Waals surface area contributed by atoms with Gasteiger partial charge < -0.3 is 9.84 Å². The fourth-order valence-corrected chi connectivity index (χ4v) is 3.13. The second-order valence-electron chi connectivity index (χ2n) is 5.37. The number of carbonyl (C=O) groups is 1. The number of halogens is 1. The lowest BCUT2D eigenvalue weighted by atomic mass is 9.74. The van der Waals surface area contributed by atoms with Gasteiger partial charge in [0.15, 0.2) is 0 Å². The van der Waals surface area contributed by atoms with E-state index in [0.717, 1.165) is 35.0 Å². The molecule has 1 aliphatic rings. The molecule has 0 bridgehead atoms. The number of hydrogen-bond acceptors (Lipinski definition) is 2. The van der Waals surface area contributed by atoms with E-state index in [1.165, 1.54) is 0 Å². The molecule has 0 aliphatic carbocycles. The standard InChI is InChI=1S/C15H19BrO3/c1-3-4-7-15(2)11-6-5-10(16)8-12(11)19-13(15)9-14(17)18/h5-6,8,13H,3-4,7,9H2,1-2H3,(H,17,18). The van der Waals surface area contributed by atoms with Crippen LogP contribution in [-0.2, 0) is 10.2 Å². The number of benzene rings is 1. The summed E-state index contributed by atoms with van der Waals surface area (Å²) >= 11 is 3.43. The van der Waals surface area contributed by atoms with Crippen LogP contribution >= 0.6 is 15.9 Å². The van der Waals surface area contributed by atoms with Gasteiger partial charge in [-0.05, 0) is 18.6 Å². The van der Waals surface area contributed by atoms with Crippen molar-refractivity contribution in [3.8, 4) is 5.75 Å². The minimum atomic E-state index is -0.806. The van der Waals surface area contributed by atoms with Crippen LogP contribution in [0.5, 0.6) is 5.75 Å². The maximum Gasteiger partial charge on any atom is 0.307 e. The van der Waals surface area contributed by atoms with Crippen LogP contribution < -0.4 is 4.74 Å². The highest BCUT2D eigenvalue weighted by Gasteiger charge is 2.45. The Balaban J connectivity index is 2.35. The Morgan fingerprint density at radius 1 is 1.53 bits per heavy atom. The van der Waals surface area contributed by atoms with Crippen molar-refractivity contribution in [1.82, 2.24) is 0 Å². The summed E-state index contributed by atoms with van der Waals surface area (Å²) in [7, 11) is 0. The van der Waals surface area contributed by atoms with Gasteiger partial charge in [-0.1, -0.05) is 48.7 Å². The molecule has 0 spiro atoms. The fraction of sp³-hybridized carbons (Fsp3) is 0.533. The predicted molar refractivity (Wildman–Crippen MR) is 77.7 cm³/mol. The van der Waals surface area contributed by atoms with Crippen LogP contribution in [0.1, 0.15) is 45.1 Å². The predicted octanol–water partition coefficient (Wildman–Crippen LogP) is 4.13. The highest BCUT2D eigenvalue weighted by atomic mass is 79.9. The first-order valence-electron chi connectivity index (χ1n) is 6.66. The van der Waals surface area contributed by atoms with Crippen molar-refractivity contribution in [3.63, 3.8) is 0 Å². The first-order chi connectivity index (χ1) is 8.97. The molecule has 3 nitrogen and oxygen atoms in total. The summed E-state index contributed by atoms with van der Waals surface area (Å²) < 4.78 is 6.86. The largest absolute Gasteiger partial charge is 0.489 e. The van der Waals surface area contributed by atoms with E-state index in [1.807, 2.05) is 12.1 Å². The molecular weight excluding hydrogens is 308 g/mol. The van der Waals surface area contributed by atoms with Gasteiger partial charge in [-0.25, -0.2) is 0 Å². The molecule has 19 heavy (non-hydrogen) atoms. The smallest absolute Gasteiger partial charge is 0.307 e. The van der Waals surface area contributed by atoms with Gasteiger partial charge in [0.2, 0.25) is 0 Å². The van der Waals surface area contributed by atoms with Gasteiger partial charge in [0.05, 0.1) is 6.42 Å². The molecule has 104 valence electrons.